The predicted octanol–water partition coefficient (Wildman–Crippen LogP) is 2.43. The molecule has 0 aliphatic heterocycles. The highest BCUT2D eigenvalue weighted by Crippen LogP contribution is 2.10. The second-order valence-corrected chi connectivity index (χ2v) is 3.30. The van der Waals surface area contributed by atoms with Gasteiger partial charge < -0.3 is 10.2 Å². The van der Waals surface area contributed by atoms with Crippen LogP contribution in [0.2, 0.25) is 0 Å². The monoisotopic (exact) mass is 217 g/mol. The molecule has 16 heavy (non-hydrogen) atoms. The molecule has 0 spiro atoms. The second kappa shape index (κ2) is 5.76. The Morgan fingerprint density at radius 2 is 2.12 bits per heavy atom. The van der Waals surface area contributed by atoms with Crippen LogP contribution in [0.15, 0.2) is 24.3 Å². The molecule has 0 radical (unpaired) electrons. The van der Waals surface area contributed by atoms with Crippen molar-refractivity contribution in [3.63, 3.8) is 0 Å². The molecule has 0 bridgehead atoms. The number of nitrogens with zero attached hydrogens (tertiary/aromatic N) is 2. The summed E-state index contributed by atoms with van der Waals surface area (Å²) in [4.78, 5) is 13.4. The van der Waals surface area contributed by atoms with E-state index in [4.69, 9.17) is 5.26 Å². The van der Waals surface area contributed by atoms with E-state index in [-0.39, 0.29) is 6.03 Å². The van der Waals surface area contributed by atoms with Gasteiger partial charge in [-0.3, -0.25) is 0 Å². The van der Waals surface area contributed by atoms with Gasteiger partial charge in [-0.15, -0.1) is 0 Å². The zero-order valence-electron chi connectivity index (χ0n) is 9.53. The van der Waals surface area contributed by atoms with E-state index in [9.17, 15) is 4.79 Å². The molecule has 0 unspecified atom stereocenters. The van der Waals surface area contributed by atoms with Gasteiger partial charge in [-0.2, -0.15) is 5.26 Å². The van der Waals surface area contributed by atoms with Crippen molar-refractivity contribution in [3.8, 4) is 6.07 Å². The lowest BCUT2D eigenvalue weighted by Crippen LogP contribution is -2.34. The van der Waals surface area contributed by atoms with Gasteiger partial charge in [0.2, 0.25) is 0 Å². The van der Waals surface area contributed by atoms with Crippen LogP contribution < -0.4 is 5.32 Å². The first-order valence-corrected chi connectivity index (χ1v) is 5.27. The highest BCUT2D eigenvalue weighted by Gasteiger charge is 2.08. The van der Waals surface area contributed by atoms with Crippen molar-refractivity contribution in [2.75, 3.05) is 18.4 Å². The third-order valence-corrected chi connectivity index (χ3v) is 2.29. The Morgan fingerprint density at radius 3 is 2.69 bits per heavy atom. The molecule has 0 saturated carbocycles. The summed E-state index contributed by atoms with van der Waals surface area (Å²) in [5.41, 5.74) is 1.19. The van der Waals surface area contributed by atoms with E-state index in [1.807, 2.05) is 19.9 Å². The van der Waals surface area contributed by atoms with E-state index < -0.39 is 0 Å². The van der Waals surface area contributed by atoms with Crippen molar-refractivity contribution in [3.05, 3.63) is 29.8 Å². The minimum absolute atomic E-state index is 0.139. The normalized spacial score (nSPS) is 9.31. The number of nitrogens with one attached hydrogen (secondary N) is 1. The molecule has 0 aromatic heterocycles. The zero-order valence-corrected chi connectivity index (χ0v) is 9.53. The van der Waals surface area contributed by atoms with Crippen LogP contribution in [0.1, 0.15) is 19.4 Å². The van der Waals surface area contributed by atoms with Gasteiger partial charge >= 0.3 is 6.03 Å². The Morgan fingerprint density at radius 1 is 1.44 bits per heavy atom. The fourth-order valence-corrected chi connectivity index (χ4v) is 1.38. The van der Waals surface area contributed by atoms with Gasteiger partial charge in [-0.1, -0.05) is 6.07 Å². The summed E-state index contributed by atoms with van der Waals surface area (Å²) < 4.78 is 0. The fourth-order valence-electron chi connectivity index (χ4n) is 1.38. The maximum atomic E-state index is 11.7. The molecule has 1 aromatic rings. The molecule has 1 rings (SSSR count). The smallest absolute Gasteiger partial charge is 0.321 e. The van der Waals surface area contributed by atoms with Gasteiger partial charge in [0.1, 0.15) is 0 Å². The number of nitriles is 1. The molecular formula is C12H15N3O. The molecule has 1 N–H and O–H groups in total. The number of hydrogen-bond acceptors (Lipinski definition) is 2. The molecule has 4 nitrogen and oxygen atoms in total. The molecule has 1 aromatic carbocycles. The molecule has 2 amide bonds. The molecule has 0 saturated heterocycles. The minimum atomic E-state index is -0.139. The Balaban J connectivity index is 2.73. The number of benzene rings is 1. The van der Waals surface area contributed by atoms with Crippen LogP contribution >= 0.6 is 0 Å². The number of carbonyl (C=O) groups excluding carboxylic acids is 1. The Labute approximate surface area is 95.5 Å². The van der Waals surface area contributed by atoms with Gasteiger partial charge in [0.25, 0.3) is 0 Å². The van der Waals surface area contributed by atoms with E-state index >= 15 is 0 Å². The van der Waals surface area contributed by atoms with E-state index in [1.165, 1.54) is 0 Å². The van der Waals surface area contributed by atoms with Crippen molar-refractivity contribution >= 4 is 11.7 Å². The van der Waals surface area contributed by atoms with Gasteiger partial charge in [0, 0.05) is 18.8 Å². The lowest BCUT2D eigenvalue weighted by molar-refractivity contribution is 0.217. The third kappa shape index (κ3) is 2.99. The number of urea groups is 1. The van der Waals surface area contributed by atoms with Crippen molar-refractivity contribution in [2.24, 2.45) is 0 Å². The second-order valence-electron chi connectivity index (χ2n) is 3.30. The topological polar surface area (TPSA) is 56.1 Å². The predicted molar refractivity (Wildman–Crippen MR) is 63.1 cm³/mol. The Kier molecular flexibility index (Phi) is 4.34. The first-order valence-electron chi connectivity index (χ1n) is 5.27. The van der Waals surface area contributed by atoms with Crippen LogP contribution in [0.3, 0.4) is 0 Å². The number of carbonyl (C=O) groups is 1. The lowest BCUT2D eigenvalue weighted by Gasteiger charge is -2.19. The lowest BCUT2D eigenvalue weighted by atomic mass is 10.2. The van der Waals surface area contributed by atoms with Gasteiger partial charge in [-0.05, 0) is 32.0 Å². The van der Waals surface area contributed by atoms with E-state index in [0.717, 1.165) is 0 Å². The summed E-state index contributed by atoms with van der Waals surface area (Å²) in [5, 5.41) is 11.5. The van der Waals surface area contributed by atoms with Gasteiger partial charge in [0.15, 0.2) is 0 Å². The highest BCUT2D eigenvalue weighted by molar-refractivity contribution is 5.89. The van der Waals surface area contributed by atoms with Crippen molar-refractivity contribution in [1.82, 2.24) is 4.90 Å². The zero-order chi connectivity index (χ0) is 12.0. The standard InChI is InChI=1S/C12H15N3O/c1-3-15(4-2)12(16)14-11-7-5-6-10(8-11)9-13/h5-8H,3-4H2,1-2H3,(H,14,16). The fraction of sp³-hybridized carbons (Fsp3) is 0.333. The first kappa shape index (κ1) is 12.1. The highest BCUT2D eigenvalue weighted by atomic mass is 16.2. The van der Waals surface area contributed by atoms with Crippen LogP contribution in [-0.2, 0) is 0 Å². The molecule has 0 fully saturated rings. The summed E-state index contributed by atoms with van der Waals surface area (Å²) in [7, 11) is 0. The van der Waals surface area contributed by atoms with Gasteiger partial charge in [0.05, 0.1) is 11.6 Å². The van der Waals surface area contributed by atoms with E-state index in [1.54, 1.807) is 29.2 Å². The molecule has 84 valence electrons. The summed E-state index contributed by atoms with van der Waals surface area (Å²) in [6, 6.07) is 8.76. The van der Waals surface area contributed by atoms with Gasteiger partial charge in [-0.25, -0.2) is 4.79 Å². The molecular weight excluding hydrogens is 202 g/mol. The number of hydrogen-bond donors (Lipinski definition) is 1. The third-order valence-electron chi connectivity index (χ3n) is 2.29. The van der Waals surface area contributed by atoms with Crippen LogP contribution in [0.4, 0.5) is 10.5 Å². The molecule has 0 aliphatic rings. The number of amides is 2. The summed E-state index contributed by atoms with van der Waals surface area (Å²) in [6.07, 6.45) is 0. The molecule has 0 atom stereocenters. The summed E-state index contributed by atoms with van der Waals surface area (Å²) in [6.45, 7) is 5.18. The maximum absolute atomic E-state index is 11.7. The van der Waals surface area contributed by atoms with Crippen LogP contribution in [0.25, 0.3) is 0 Å². The first-order chi connectivity index (χ1) is 7.71. The number of anilines is 1. The van der Waals surface area contributed by atoms with Crippen molar-refractivity contribution in [2.45, 2.75) is 13.8 Å². The molecule has 0 aliphatic carbocycles. The van der Waals surface area contributed by atoms with E-state index in [2.05, 4.69) is 5.32 Å². The quantitative estimate of drug-likeness (QED) is 0.845. The minimum Gasteiger partial charge on any atom is -0.325 e. The average Bonchev–Trinajstić information content (AvgIpc) is 2.31. The number of rotatable bonds is 3. The van der Waals surface area contributed by atoms with Crippen LogP contribution in [0, 0.1) is 11.3 Å². The van der Waals surface area contributed by atoms with Crippen molar-refractivity contribution in [1.29, 1.82) is 5.26 Å². The Bertz CT molecular complexity index is 405. The largest absolute Gasteiger partial charge is 0.325 e. The maximum Gasteiger partial charge on any atom is 0.321 e. The van der Waals surface area contributed by atoms with E-state index in [0.29, 0.717) is 24.3 Å². The Hall–Kier alpha value is -2.02. The summed E-state index contributed by atoms with van der Waals surface area (Å²) in [5.74, 6) is 0. The molecule has 0 heterocycles. The van der Waals surface area contributed by atoms with Crippen molar-refractivity contribution < 1.29 is 4.79 Å². The average molecular weight is 217 g/mol. The molecule has 4 heteroatoms. The SMILES string of the molecule is CCN(CC)C(=O)Nc1cccc(C#N)c1. The van der Waals surface area contributed by atoms with Crippen LogP contribution in [0.5, 0.6) is 0 Å². The summed E-state index contributed by atoms with van der Waals surface area (Å²) >= 11 is 0. The van der Waals surface area contributed by atoms with Crippen LogP contribution in [-0.4, -0.2) is 24.0 Å².